The molecule has 1 aliphatic heterocycles. The minimum atomic E-state index is -0.463. The number of benzene rings is 1. The molecule has 0 aliphatic carbocycles. The summed E-state index contributed by atoms with van der Waals surface area (Å²) in [6, 6.07) is 6.00. The van der Waals surface area contributed by atoms with Crippen LogP contribution in [0.15, 0.2) is 18.2 Å². The Morgan fingerprint density at radius 2 is 2.11 bits per heavy atom. The molecule has 0 atom stereocenters. The lowest BCUT2D eigenvalue weighted by atomic mass is 10.2. The molecule has 0 bridgehead atoms. The summed E-state index contributed by atoms with van der Waals surface area (Å²) in [7, 11) is 1.73. The zero-order chi connectivity index (χ0) is 13.8. The fraction of sp³-hybridized carbons (Fsp3) is 0.429. The van der Waals surface area contributed by atoms with Crippen molar-refractivity contribution in [2.24, 2.45) is 0 Å². The smallest absolute Gasteiger partial charge is 0.242 e. The number of hydrogen-bond donors (Lipinski definition) is 0. The van der Waals surface area contributed by atoms with E-state index in [9.17, 15) is 9.18 Å². The standard InChI is InChI=1S/C14H16FN3O/c1-17(10-14(19)18-4-2-3-5-18)13-7-11(9-16)6-12(15)8-13/h6-8H,2-5,10H2,1H3. The Morgan fingerprint density at radius 3 is 2.74 bits per heavy atom. The number of anilines is 1. The van der Waals surface area contributed by atoms with Crippen molar-refractivity contribution in [3.8, 4) is 6.07 Å². The van der Waals surface area contributed by atoms with E-state index < -0.39 is 5.82 Å². The highest BCUT2D eigenvalue weighted by atomic mass is 19.1. The van der Waals surface area contributed by atoms with Crippen LogP contribution in [-0.2, 0) is 4.79 Å². The number of amides is 1. The number of halogens is 1. The van der Waals surface area contributed by atoms with Gasteiger partial charge in [0, 0.05) is 25.8 Å². The van der Waals surface area contributed by atoms with Gasteiger partial charge < -0.3 is 9.80 Å². The van der Waals surface area contributed by atoms with Crippen molar-refractivity contribution in [1.82, 2.24) is 4.90 Å². The first kappa shape index (κ1) is 13.3. The van der Waals surface area contributed by atoms with Gasteiger partial charge >= 0.3 is 0 Å². The van der Waals surface area contributed by atoms with Crippen LogP contribution in [-0.4, -0.2) is 37.5 Å². The van der Waals surface area contributed by atoms with Gasteiger partial charge in [-0.2, -0.15) is 5.26 Å². The number of nitriles is 1. The monoisotopic (exact) mass is 261 g/mol. The number of nitrogens with zero attached hydrogens (tertiary/aromatic N) is 3. The van der Waals surface area contributed by atoms with Gasteiger partial charge in [0.15, 0.2) is 0 Å². The van der Waals surface area contributed by atoms with E-state index >= 15 is 0 Å². The van der Waals surface area contributed by atoms with Crippen LogP contribution in [0, 0.1) is 17.1 Å². The molecule has 1 aromatic carbocycles. The highest BCUT2D eigenvalue weighted by molar-refractivity contribution is 5.81. The molecule has 100 valence electrons. The minimum Gasteiger partial charge on any atom is -0.365 e. The lowest BCUT2D eigenvalue weighted by Crippen LogP contribution is -2.37. The summed E-state index contributed by atoms with van der Waals surface area (Å²) in [4.78, 5) is 15.5. The Balaban J connectivity index is 2.07. The molecule has 5 heteroatoms. The molecule has 2 rings (SSSR count). The van der Waals surface area contributed by atoms with Gasteiger partial charge in [-0.3, -0.25) is 4.79 Å². The van der Waals surface area contributed by atoms with Crippen molar-refractivity contribution in [3.63, 3.8) is 0 Å². The van der Waals surface area contributed by atoms with E-state index in [2.05, 4.69) is 0 Å². The van der Waals surface area contributed by atoms with Crippen molar-refractivity contribution in [2.75, 3.05) is 31.6 Å². The minimum absolute atomic E-state index is 0.0442. The van der Waals surface area contributed by atoms with E-state index in [0.29, 0.717) is 5.69 Å². The topological polar surface area (TPSA) is 47.3 Å². The largest absolute Gasteiger partial charge is 0.365 e. The molecule has 1 saturated heterocycles. The molecule has 0 unspecified atom stereocenters. The summed E-state index contributed by atoms with van der Waals surface area (Å²) < 4.78 is 13.3. The Labute approximate surface area is 112 Å². The lowest BCUT2D eigenvalue weighted by molar-refractivity contribution is -0.128. The van der Waals surface area contributed by atoms with Crippen LogP contribution in [0.2, 0.25) is 0 Å². The number of likely N-dealkylation sites (tertiary alicyclic amines) is 1. The fourth-order valence-corrected chi connectivity index (χ4v) is 2.22. The quantitative estimate of drug-likeness (QED) is 0.833. The van der Waals surface area contributed by atoms with Crippen molar-refractivity contribution < 1.29 is 9.18 Å². The van der Waals surface area contributed by atoms with Gasteiger partial charge in [0.2, 0.25) is 5.91 Å². The molecular weight excluding hydrogens is 245 g/mol. The van der Waals surface area contributed by atoms with E-state index in [1.54, 1.807) is 18.0 Å². The summed E-state index contributed by atoms with van der Waals surface area (Å²) in [6.07, 6.45) is 2.10. The number of carbonyl (C=O) groups excluding carboxylic acids is 1. The summed E-state index contributed by atoms with van der Waals surface area (Å²) in [5.41, 5.74) is 0.805. The van der Waals surface area contributed by atoms with Crippen LogP contribution in [0.3, 0.4) is 0 Å². The van der Waals surface area contributed by atoms with E-state index in [4.69, 9.17) is 5.26 Å². The van der Waals surface area contributed by atoms with Crippen LogP contribution in [0.1, 0.15) is 18.4 Å². The van der Waals surface area contributed by atoms with Crippen molar-refractivity contribution in [3.05, 3.63) is 29.6 Å². The summed E-state index contributed by atoms with van der Waals surface area (Å²) in [6.45, 7) is 1.81. The van der Waals surface area contributed by atoms with Crippen LogP contribution in [0.25, 0.3) is 0 Å². The molecule has 1 heterocycles. The van der Waals surface area contributed by atoms with Crippen molar-refractivity contribution in [2.45, 2.75) is 12.8 Å². The number of likely N-dealkylation sites (N-methyl/N-ethyl adjacent to an activating group) is 1. The number of hydrogen-bond acceptors (Lipinski definition) is 3. The Morgan fingerprint density at radius 1 is 1.42 bits per heavy atom. The third-order valence-corrected chi connectivity index (χ3v) is 3.28. The van der Waals surface area contributed by atoms with E-state index in [1.165, 1.54) is 12.1 Å². The van der Waals surface area contributed by atoms with Crippen molar-refractivity contribution in [1.29, 1.82) is 5.26 Å². The molecule has 19 heavy (non-hydrogen) atoms. The maximum atomic E-state index is 13.3. The fourth-order valence-electron chi connectivity index (χ4n) is 2.22. The first-order valence-electron chi connectivity index (χ1n) is 6.30. The molecule has 1 amide bonds. The van der Waals surface area contributed by atoms with Gasteiger partial charge in [-0.25, -0.2) is 4.39 Å². The molecular formula is C14H16FN3O. The molecule has 4 nitrogen and oxygen atoms in total. The average Bonchev–Trinajstić information content (AvgIpc) is 2.91. The lowest BCUT2D eigenvalue weighted by Gasteiger charge is -2.23. The maximum Gasteiger partial charge on any atom is 0.242 e. The predicted molar refractivity (Wildman–Crippen MR) is 70.2 cm³/mol. The Kier molecular flexibility index (Phi) is 4.00. The van der Waals surface area contributed by atoms with E-state index in [-0.39, 0.29) is 18.0 Å². The zero-order valence-corrected chi connectivity index (χ0v) is 10.9. The molecule has 1 fully saturated rings. The van der Waals surface area contributed by atoms with Crippen LogP contribution < -0.4 is 4.90 Å². The zero-order valence-electron chi connectivity index (χ0n) is 10.9. The molecule has 0 saturated carbocycles. The second-order valence-corrected chi connectivity index (χ2v) is 4.75. The summed E-state index contributed by atoms with van der Waals surface area (Å²) >= 11 is 0. The molecule has 0 aromatic heterocycles. The average molecular weight is 261 g/mol. The van der Waals surface area contributed by atoms with Gasteiger partial charge in [0.25, 0.3) is 0 Å². The molecule has 1 aliphatic rings. The van der Waals surface area contributed by atoms with Gasteiger partial charge in [0.05, 0.1) is 18.2 Å². The number of carbonyl (C=O) groups is 1. The Bertz CT molecular complexity index is 518. The highest BCUT2D eigenvalue weighted by Gasteiger charge is 2.19. The number of rotatable bonds is 3. The van der Waals surface area contributed by atoms with Crippen LogP contribution in [0.4, 0.5) is 10.1 Å². The van der Waals surface area contributed by atoms with Gasteiger partial charge in [-0.1, -0.05) is 0 Å². The Hall–Kier alpha value is -2.09. The first-order valence-corrected chi connectivity index (χ1v) is 6.30. The van der Waals surface area contributed by atoms with Crippen molar-refractivity contribution >= 4 is 11.6 Å². The SMILES string of the molecule is CN(CC(=O)N1CCCC1)c1cc(F)cc(C#N)c1. The normalized spacial score (nSPS) is 14.3. The van der Waals surface area contributed by atoms with Crippen LogP contribution in [0.5, 0.6) is 0 Å². The second-order valence-electron chi connectivity index (χ2n) is 4.75. The van der Waals surface area contributed by atoms with E-state index in [0.717, 1.165) is 25.9 Å². The maximum absolute atomic E-state index is 13.3. The van der Waals surface area contributed by atoms with Gasteiger partial charge in [-0.05, 0) is 31.0 Å². The third kappa shape index (κ3) is 3.22. The van der Waals surface area contributed by atoms with Gasteiger partial charge in [0.1, 0.15) is 5.82 Å². The predicted octanol–water partition coefficient (Wildman–Crippen LogP) is 1.76. The molecule has 0 radical (unpaired) electrons. The highest BCUT2D eigenvalue weighted by Crippen LogP contribution is 2.18. The first-order chi connectivity index (χ1) is 9.10. The molecule has 1 aromatic rings. The summed E-state index contributed by atoms with van der Waals surface area (Å²) in [5.74, 6) is -0.419. The summed E-state index contributed by atoms with van der Waals surface area (Å²) in [5, 5.41) is 8.81. The van der Waals surface area contributed by atoms with Crippen LogP contribution >= 0.6 is 0 Å². The molecule has 0 spiro atoms. The van der Waals surface area contributed by atoms with Gasteiger partial charge in [-0.15, -0.1) is 0 Å². The third-order valence-electron chi connectivity index (χ3n) is 3.28. The second kappa shape index (κ2) is 5.70. The molecule has 0 N–H and O–H groups in total. The van der Waals surface area contributed by atoms with E-state index in [1.807, 2.05) is 11.0 Å².